The molecule has 1 aliphatic heterocycles. The van der Waals surface area contributed by atoms with Crippen molar-refractivity contribution >= 4 is 5.91 Å². The highest BCUT2D eigenvalue weighted by molar-refractivity contribution is 5.78. The summed E-state index contributed by atoms with van der Waals surface area (Å²) in [5.41, 5.74) is 1.07. The zero-order valence-corrected chi connectivity index (χ0v) is 14.8. The van der Waals surface area contributed by atoms with Crippen molar-refractivity contribution < 1.29 is 18.3 Å². The van der Waals surface area contributed by atoms with E-state index in [2.05, 4.69) is 5.32 Å². The van der Waals surface area contributed by atoms with Crippen LogP contribution in [0, 0.1) is 5.92 Å². The molecular formula is C20H26F2N2O2. The molecule has 0 radical (unpaired) electrons. The highest BCUT2D eigenvalue weighted by Gasteiger charge is 2.33. The smallest absolute Gasteiger partial charge is 0.251 e. The Kier molecular flexibility index (Phi) is 6.61. The van der Waals surface area contributed by atoms with E-state index in [1.165, 1.54) is 4.90 Å². The van der Waals surface area contributed by atoms with E-state index in [1.807, 2.05) is 36.4 Å². The van der Waals surface area contributed by atoms with Crippen LogP contribution < -0.4 is 5.32 Å². The molecule has 1 saturated carbocycles. The van der Waals surface area contributed by atoms with Gasteiger partial charge in [0.2, 0.25) is 5.91 Å². The van der Waals surface area contributed by atoms with Crippen molar-refractivity contribution in [3.8, 4) is 0 Å². The Morgan fingerprint density at radius 2 is 2.00 bits per heavy atom. The Morgan fingerprint density at radius 1 is 1.23 bits per heavy atom. The molecule has 142 valence electrons. The fourth-order valence-corrected chi connectivity index (χ4v) is 3.39. The van der Waals surface area contributed by atoms with Gasteiger partial charge >= 0.3 is 0 Å². The van der Waals surface area contributed by atoms with E-state index in [0.717, 1.165) is 31.2 Å². The lowest BCUT2D eigenvalue weighted by Gasteiger charge is -2.28. The molecule has 0 saturated heterocycles. The number of allylic oxidation sites excluding steroid dienone is 1. The van der Waals surface area contributed by atoms with Crippen molar-refractivity contribution in [2.24, 2.45) is 5.92 Å². The molecule has 1 aromatic carbocycles. The molecule has 1 N–H and O–H groups in total. The number of rotatable bonds is 9. The highest BCUT2D eigenvalue weighted by atomic mass is 19.3. The first-order valence-electron chi connectivity index (χ1n) is 9.27. The molecule has 0 spiro atoms. The Morgan fingerprint density at radius 3 is 2.62 bits per heavy atom. The molecule has 0 bridgehead atoms. The summed E-state index contributed by atoms with van der Waals surface area (Å²) in [7, 11) is 0. The van der Waals surface area contributed by atoms with Crippen LogP contribution in [-0.2, 0) is 9.53 Å². The fraction of sp³-hybridized carbons (Fsp3) is 0.550. The molecule has 6 heteroatoms. The standard InChI is InChI=1S/C20H26F2N2O2/c21-18(22)13-24(12-17-8-4-5-11-26-17)14-19(25)23-20(16-9-10-16)15-6-2-1-3-7-15/h1-3,5-7,11,16-18,20H,4,8-10,12-14H2,(H,23,25). The van der Waals surface area contributed by atoms with Gasteiger partial charge in [0.1, 0.15) is 6.10 Å². The van der Waals surface area contributed by atoms with Crippen molar-refractivity contribution in [2.45, 2.75) is 44.3 Å². The third kappa shape index (κ3) is 5.80. The summed E-state index contributed by atoms with van der Waals surface area (Å²) < 4.78 is 31.3. The Labute approximate surface area is 153 Å². The SMILES string of the molecule is O=C(CN(CC(F)F)CC1CCC=CO1)NC(c1ccccc1)C1CC1. The second kappa shape index (κ2) is 9.12. The summed E-state index contributed by atoms with van der Waals surface area (Å²) in [6.45, 7) is -0.123. The molecule has 1 aliphatic carbocycles. The van der Waals surface area contributed by atoms with Gasteiger partial charge in [0.25, 0.3) is 6.43 Å². The number of halogens is 2. The van der Waals surface area contributed by atoms with Crippen LogP contribution >= 0.6 is 0 Å². The van der Waals surface area contributed by atoms with Crippen LogP contribution in [0.5, 0.6) is 0 Å². The summed E-state index contributed by atoms with van der Waals surface area (Å²) in [6.07, 6.45) is 4.75. The van der Waals surface area contributed by atoms with Crippen LogP contribution in [0.4, 0.5) is 8.78 Å². The molecule has 1 fully saturated rings. The minimum Gasteiger partial charge on any atom is -0.497 e. The quantitative estimate of drug-likeness (QED) is 0.729. The van der Waals surface area contributed by atoms with Crippen LogP contribution in [-0.4, -0.2) is 43.0 Å². The number of carbonyl (C=O) groups is 1. The van der Waals surface area contributed by atoms with E-state index in [9.17, 15) is 13.6 Å². The summed E-state index contributed by atoms with van der Waals surface area (Å²) >= 11 is 0. The molecule has 2 atom stereocenters. The van der Waals surface area contributed by atoms with Gasteiger partial charge in [-0.25, -0.2) is 8.78 Å². The molecule has 1 amide bonds. The maximum atomic E-state index is 12.9. The molecular weight excluding hydrogens is 338 g/mol. The summed E-state index contributed by atoms with van der Waals surface area (Å²) in [5, 5.41) is 3.06. The number of nitrogens with one attached hydrogen (secondary N) is 1. The first-order chi connectivity index (χ1) is 12.6. The molecule has 0 aromatic heterocycles. The van der Waals surface area contributed by atoms with E-state index in [1.54, 1.807) is 6.26 Å². The minimum absolute atomic E-state index is 0.0361. The van der Waals surface area contributed by atoms with E-state index in [4.69, 9.17) is 4.74 Å². The molecule has 2 unspecified atom stereocenters. The number of carbonyl (C=O) groups excluding carboxylic acids is 1. The average molecular weight is 364 g/mol. The third-order valence-corrected chi connectivity index (χ3v) is 4.82. The lowest BCUT2D eigenvalue weighted by atomic mass is 10.0. The van der Waals surface area contributed by atoms with Crippen molar-refractivity contribution in [1.82, 2.24) is 10.2 Å². The maximum Gasteiger partial charge on any atom is 0.251 e. The van der Waals surface area contributed by atoms with Gasteiger partial charge < -0.3 is 10.1 Å². The van der Waals surface area contributed by atoms with Gasteiger partial charge in [0.15, 0.2) is 0 Å². The number of nitrogens with zero attached hydrogens (tertiary/aromatic N) is 1. The third-order valence-electron chi connectivity index (χ3n) is 4.82. The van der Waals surface area contributed by atoms with Crippen LogP contribution in [0.3, 0.4) is 0 Å². The first-order valence-corrected chi connectivity index (χ1v) is 9.27. The topological polar surface area (TPSA) is 41.6 Å². The molecule has 1 heterocycles. The zero-order valence-electron chi connectivity index (χ0n) is 14.8. The van der Waals surface area contributed by atoms with Crippen molar-refractivity contribution in [2.75, 3.05) is 19.6 Å². The molecule has 26 heavy (non-hydrogen) atoms. The van der Waals surface area contributed by atoms with Gasteiger partial charge in [-0.2, -0.15) is 0 Å². The monoisotopic (exact) mass is 364 g/mol. The van der Waals surface area contributed by atoms with Gasteiger partial charge in [-0.05, 0) is 43.2 Å². The summed E-state index contributed by atoms with van der Waals surface area (Å²) in [4.78, 5) is 14.0. The van der Waals surface area contributed by atoms with E-state index >= 15 is 0 Å². The molecule has 3 rings (SSSR count). The van der Waals surface area contributed by atoms with Crippen LogP contribution in [0.25, 0.3) is 0 Å². The number of amides is 1. The normalized spacial score (nSPS) is 20.8. The van der Waals surface area contributed by atoms with Gasteiger partial charge in [0.05, 0.1) is 25.4 Å². The lowest BCUT2D eigenvalue weighted by Crippen LogP contribution is -2.44. The van der Waals surface area contributed by atoms with E-state index < -0.39 is 13.0 Å². The highest BCUT2D eigenvalue weighted by Crippen LogP contribution is 2.40. The van der Waals surface area contributed by atoms with Gasteiger partial charge in [-0.15, -0.1) is 0 Å². The van der Waals surface area contributed by atoms with Crippen LogP contribution in [0.2, 0.25) is 0 Å². The lowest BCUT2D eigenvalue weighted by molar-refractivity contribution is -0.124. The minimum atomic E-state index is -2.48. The maximum absolute atomic E-state index is 12.9. The fourth-order valence-electron chi connectivity index (χ4n) is 3.39. The molecule has 1 aromatic rings. The van der Waals surface area contributed by atoms with Crippen LogP contribution in [0.1, 0.15) is 37.3 Å². The predicted octanol–water partition coefficient (Wildman–Crippen LogP) is 3.51. The number of hydrogen-bond acceptors (Lipinski definition) is 3. The Balaban J connectivity index is 1.58. The van der Waals surface area contributed by atoms with E-state index in [-0.39, 0.29) is 24.6 Å². The zero-order chi connectivity index (χ0) is 18.4. The Hall–Kier alpha value is -1.95. The number of alkyl halides is 2. The Bertz CT molecular complexity index is 605. The van der Waals surface area contributed by atoms with Gasteiger partial charge in [-0.1, -0.05) is 30.3 Å². The van der Waals surface area contributed by atoms with Gasteiger partial charge in [0, 0.05) is 6.54 Å². The first kappa shape index (κ1) is 18.8. The molecule has 4 nitrogen and oxygen atoms in total. The summed E-state index contributed by atoms with van der Waals surface area (Å²) in [6, 6.07) is 9.82. The summed E-state index contributed by atoms with van der Waals surface area (Å²) in [5.74, 6) is 0.231. The van der Waals surface area contributed by atoms with Crippen molar-refractivity contribution in [1.29, 1.82) is 0 Å². The molecule has 2 aliphatic rings. The second-order valence-electron chi connectivity index (χ2n) is 7.09. The van der Waals surface area contributed by atoms with Crippen molar-refractivity contribution in [3.05, 3.63) is 48.2 Å². The van der Waals surface area contributed by atoms with Crippen LogP contribution in [0.15, 0.2) is 42.7 Å². The predicted molar refractivity (Wildman–Crippen MR) is 95.7 cm³/mol. The van der Waals surface area contributed by atoms with Crippen molar-refractivity contribution in [3.63, 3.8) is 0 Å². The number of ether oxygens (including phenoxy) is 1. The average Bonchev–Trinajstić information content (AvgIpc) is 3.45. The second-order valence-corrected chi connectivity index (χ2v) is 7.09. The van der Waals surface area contributed by atoms with E-state index in [0.29, 0.717) is 12.5 Å². The van der Waals surface area contributed by atoms with Gasteiger partial charge in [-0.3, -0.25) is 9.69 Å². The number of benzene rings is 1. The number of hydrogen-bond donors (Lipinski definition) is 1. The largest absolute Gasteiger partial charge is 0.497 e.